The van der Waals surface area contributed by atoms with Crippen LogP contribution in [0.3, 0.4) is 0 Å². The first-order valence-corrected chi connectivity index (χ1v) is 16.0. The topological polar surface area (TPSA) is 102 Å². The number of aromatic nitrogens is 3. The van der Waals surface area contributed by atoms with Crippen LogP contribution in [0.2, 0.25) is 0 Å². The number of rotatable bonds is 7. The monoisotopic (exact) mass is 671 g/mol. The van der Waals surface area contributed by atoms with Gasteiger partial charge >= 0.3 is 12.2 Å². The van der Waals surface area contributed by atoms with Gasteiger partial charge in [0.05, 0.1) is 29.5 Å². The Balaban J connectivity index is 1.43. The highest BCUT2D eigenvalue weighted by atomic mass is 19.4. The summed E-state index contributed by atoms with van der Waals surface area (Å²) < 4.78 is 87.5. The third-order valence-corrected chi connectivity index (χ3v) is 10.4. The van der Waals surface area contributed by atoms with Gasteiger partial charge in [0.25, 0.3) is 0 Å². The van der Waals surface area contributed by atoms with Gasteiger partial charge in [0, 0.05) is 37.8 Å². The van der Waals surface area contributed by atoms with Crippen molar-refractivity contribution in [1.29, 1.82) is 0 Å². The van der Waals surface area contributed by atoms with Crippen LogP contribution in [0.4, 0.5) is 33.5 Å². The van der Waals surface area contributed by atoms with Gasteiger partial charge in [-0.1, -0.05) is 31.2 Å². The van der Waals surface area contributed by atoms with Gasteiger partial charge in [-0.3, -0.25) is 4.90 Å². The van der Waals surface area contributed by atoms with Crippen molar-refractivity contribution in [3.05, 3.63) is 53.1 Å². The number of hydrogen-bond acceptors (Lipinski definition) is 9. The lowest BCUT2D eigenvalue weighted by Gasteiger charge is -2.42. The number of alkyl halides is 3. The Bertz CT molecular complexity index is 1840. The zero-order valence-corrected chi connectivity index (χ0v) is 27.2. The molecule has 4 saturated heterocycles. The number of nitrogens with two attached hydrogens (primary N) is 1. The second kappa shape index (κ2) is 11.3. The van der Waals surface area contributed by atoms with Crippen molar-refractivity contribution in [3.63, 3.8) is 0 Å². The zero-order valence-electron chi connectivity index (χ0n) is 27.2. The number of nitrogens with zero attached hydrogens (tertiary/aromatic N) is 5. The summed E-state index contributed by atoms with van der Waals surface area (Å²) in [6.45, 7) is 14.1. The molecule has 2 aromatic heterocycles. The molecule has 4 aliphatic heterocycles. The summed E-state index contributed by atoms with van der Waals surface area (Å²) in [5, 5.41) is 3.75. The number of nitrogens with one attached hydrogen (secondary N) is 1. The number of methoxy groups -OCH3 is 1. The summed E-state index contributed by atoms with van der Waals surface area (Å²) >= 11 is 0. The number of anilines is 2. The van der Waals surface area contributed by atoms with Crippen molar-refractivity contribution in [1.82, 2.24) is 25.2 Å². The largest absolute Gasteiger partial charge is 0.480 e. The number of fused-ring (bicyclic) bond motifs is 4. The average molecular weight is 672 g/mol. The van der Waals surface area contributed by atoms with Crippen molar-refractivity contribution in [2.45, 2.75) is 69.2 Å². The molecule has 7 rings (SSSR count). The second-order valence-electron chi connectivity index (χ2n) is 13.8. The Hall–Kier alpha value is -4.04. The van der Waals surface area contributed by atoms with Gasteiger partial charge in [0.15, 0.2) is 11.6 Å². The highest BCUT2D eigenvalue weighted by Crippen LogP contribution is 2.47. The molecule has 48 heavy (non-hydrogen) atoms. The van der Waals surface area contributed by atoms with Crippen LogP contribution in [0, 0.1) is 18.6 Å². The Morgan fingerprint density at radius 3 is 2.46 bits per heavy atom. The van der Waals surface area contributed by atoms with Gasteiger partial charge < -0.3 is 25.4 Å². The van der Waals surface area contributed by atoms with E-state index in [1.807, 2.05) is 4.90 Å². The molecule has 0 amide bonds. The van der Waals surface area contributed by atoms with Gasteiger partial charge in [0.2, 0.25) is 5.88 Å². The van der Waals surface area contributed by atoms with E-state index in [4.69, 9.17) is 20.2 Å². The lowest BCUT2D eigenvalue weighted by atomic mass is 9.92. The molecule has 0 radical (unpaired) electrons. The van der Waals surface area contributed by atoms with Gasteiger partial charge in [-0.05, 0) is 50.7 Å². The summed E-state index contributed by atoms with van der Waals surface area (Å²) in [6, 6.07) is 0.831. The standard InChI is InChI=1S/C34H38F5N7O2/c1-6-32-8-7-20(44-32)14-45(15-32)29-23-28(42-31(43-29)48-16-33-10-17(2)12-46(33)13-18(3)11-33)26(36)27(41-30(23)47-5)22-24(34(37,38)39)19(4)9-21(40)25(22)35/h9,20,44H,2-3,6-8,10-16,40H2,1,4-5H3. The lowest BCUT2D eigenvalue weighted by Crippen LogP contribution is -2.59. The van der Waals surface area contributed by atoms with Crippen LogP contribution in [0.25, 0.3) is 22.2 Å². The fraction of sp³-hybridized carbons (Fsp3) is 0.500. The third kappa shape index (κ3) is 5.15. The first kappa shape index (κ1) is 32.5. The van der Waals surface area contributed by atoms with E-state index in [0.717, 1.165) is 43.4 Å². The van der Waals surface area contributed by atoms with E-state index in [1.165, 1.54) is 7.11 Å². The predicted molar refractivity (Wildman–Crippen MR) is 172 cm³/mol. The Morgan fingerprint density at radius 2 is 1.81 bits per heavy atom. The van der Waals surface area contributed by atoms with Crippen molar-refractivity contribution < 1.29 is 31.4 Å². The number of halogens is 5. The van der Waals surface area contributed by atoms with E-state index in [0.29, 0.717) is 39.0 Å². The first-order chi connectivity index (χ1) is 22.7. The molecular formula is C34H38F5N7O2. The van der Waals surface area contributed by atoms with E-state index in [-0.39, 0.29) is 46.8 Å². The third-order valence-electron chi connectivity index (χ3n) is 10.4. The van der Waals surface area contributed by atoms with Crippen LogP contribution in [-0.2, 0) is 6.18 Å². The SMILES string of the molecule is C=C1CN2CC(=C)CC2(COc2nc(N3CC4CCC(CC)(C3)N4)c3c(OC)nc(-c4c(F)c(N)cc(C)c4C(F)(F)F)c(F)c3n2)C1. The minimum atomic E-state index is -5.05. The highest BCUT2D eigenvalue weighted by Gasteiger charge is 2.49. The van der Waals surface area contributed by atoms with E-state index in [2.05, 4.69) is 40.3 Å². The molecule has 4 fully saturated rings. The van der Waals surface area contributed by atoms with E-state index in [1.54, 1.807) is 0 Å². The van der Waals surface area contributed by atoms with E-state index in [9.17, 15) is 13.2 Å². The van der Waals surface area contributed by atoms with Crippen molar-refractivity contribution in [2.24, 2.45) is 0 Å². The maximum absolute atomic E-state index is 16.9. The number of benzene rings is 1. The smallest absolute Gasteiger partial charge is 0.417 e. The quantitative estimate of drug-likeness (QED) is 0.179. The van der Waals surface area contributed by atoms with Crippen LogP contribution < -0.4 is 25.4 Å². The number of aryl methyl sites for hydroxylation is 1. The summed E-state index contributed by atoms with van der Waals surface area (Å²) in [6.07, 6.45) is -0.992. The van der Waals surface area contributed by atoms with E-state index < -0.39 is 51.4 Å². The summed E-state index contributed by atoms with van der Waals surface area (Å²) in [5.41, 5.74) is 2.45. The predicted octanol–water partition coefficient (Wildman–Crippen LogP) is 5.95. The van der Waals surface area contributed by atoms with Crippen molar-refractivity contribution >= 4 is 22.4 Å². The normalized spacial score (nSPS) is 23.8. The van der Waals surface area contributed by atoms with Gasteiger partial charge in [-0.25, -0.2) is 13.8 Å². The van der Waals surface area contributed by atoms with Crippen LogP contribution in [-0.4, -0.2) is 76.9 Å². The summed E-state index contributed by atoms with van der Waals surface area (Å²) in [5.74, 6) is -2.70. The van der Waals surface area contributed by atoms with Gasteiger partial charge in [0.1, 0.15) is 29.0 Å². The zero-order chi connectivity index (χ0) is 34.3. The molecule has 0 spiro atoms. The summed E-state index contributed by atoms with van der Waals surface area (Å²) in [4.78, 5) is 17.6. The molecule has 3 aromatic rings. The van der Waals surface area contributed by atoms with Crippen molar-refractivity contribution in [2.75, 3.05) is 50.5 Å². The molecule has 2 unspecified atom stereocenters. The first-order valence-electron chi connectivity index (χ1n) is 16.0. The number of nitrogen functional groups attached to an aromatic ring is 1. The van der Waals surface area contributed by atoms with E-state index >= 15 is 8.78 Å². The molecule has 2 atom stereocenters. The maximum atomic E-state index is 16.9. The molecule has 2 bridgehead atoms. The molecule has 6 heterocycles. The fourth-order valence-corrected chi connectivity index (χ4v) is 8.31. The molecular weight excluding hydrogens is 633 g/mol. The minimum Gasteiger partial charge on any atom is -0.480 e. The van der Waals surface area contributed by atoms with Crippen LogP contribution in [0.5, 0.6) is 11.9 Å². The fourth-order valence-electron chi connectivity index (χ4n) is 8.31. The van der Waals surface area contributed by atoms with Gasteiger partial charge in [-0.2, -0.15) is 23.1 Å². The molecule has 3 N–H and O–H groups in total. The molecule has 9 nitrogen and oxygen atoms in total. The molecule has 0 saturated carbocycles. The number of pyridine rings is 1. The number of piperazine rings is 1. The Labute approximate surface area is 275 Å². The van der Waals surface area contributed by atoms with Crippen molar-refractivity contribution in [3.8, 4) is 23.1 Å². The second-order valence-corrected chi connectivity index (χ2v) is 13.8. The number of hydrogen-bond donors (Lipinski definition) is 2. The lowest BCUT2D eigenvalue weighted by molar-refractivity contribution is -0.137. The molecule has 256 valence electrons. The van der Waals surface area contributed by atoms with Crippen LogP contribution >= 0.6 is 0 Å². The maximum Gasteiger partial charge on any atom is 0.417 e. The molecule has 1 aromatic carbocycles. The van der Waals surface area contributed by atoms with Crippen LogP contribution in [0.1, 0.15) is 50.2 Å². The Kier molecular flexibility index (Phi) is 7.62. The minimum absolute atomic E-state index is 0.0523. The van der Waals surface area contributed by atoms with Gasteiger partial charge in [-0.15, -0.1) is 0 Å². The van der Waals surface area contributed by atoms with Crippen LogP contribution in [0.15, 0.2) is 30.4 Å². The average Bonchev–Trinajstić information content (AvgIpc) is 3.62. The molecule has 14 heteroatoms. The Morgan fingerprint density at radius 1 is 1.10 bits per heavy atom. The highest BCUT2D eigenvalue weighted by molar-refractivity contribution is 5.97. The number of ether oxygens (including phenoxy) is 2. The summed E-state index contributed by atoms with van der Waals surface area (Å²) in [7, 11) is 1.26. The molecule has 0 aliphatic carbocycles. The molecule has 4 aliphatic rings.